The first-order chi connectivity index (χ1) is 12.0. The second kappa shape index (κ2) is 6.92. The molecule has 0 unspecified atom stereocenters. The van der Waals surface area contributed by atoms with Crippen LogP contribution in [0.1, 0.15) is 44.2 Å². The van der Waals surface area contributed by atoms with Crippen molar-refractivity contribution in [3.63, 3.8) is 0 Å². The van der Waals surface area contributed by atoms with Crippen molar-refractivity contribution in [2.45, 2.75) is 39.7 Å². The molecule has 132 valence electrons. The summed E-state index contributed by atoms with van der Waals surface area (Å²) in [5.74, 6) is 2.30. The first kappa shape index (κ1) is 16.9. The molecule has 0 saturated carbocycles. The third-order valence-electron chi connectivity index (χ3n) is 3.84. The van der Waals surface area contributed by atoms with Gasteiger partial charge in [0.15, 0.2) is 5.82 Å². The molecule has 0 saturated heterocycles. The van der Waals surface area contributed by atoms with Crippen LogP contribution in [0.2, 0.25) is 0 Å². The van der Waals surface area contributed by atoms with Crippen molar-refractivity contribution in [3.05, 3.63) is 35.7 Å². The van der Waals surface area contributed by atoms with Crippen LogP contribution < -0.4 is 5.32 Å². The van der Waals surface area contributed by atoms with Crippen molar-refractivity contribution in [2.75, 3.05) is 12.4 Å². The van der Waals surface area contributed by atoms with E-state index in [4.69, 9.17) is 4.52 Å². The first-order valence-corrected chi connectivity index (χ1v) is 8.29. The Balaban J connectivity index is 1.68. The van der Waals surface area contributed by atoms with Crippen LogP contribution in [-0.4, -0.2) is 38.1 Å². The molecule has 0 spiro atoms. The van der Waals surface area contributed by atoms with E-state index in [2.05, 4.69) is 39.3 Å². The van der Waals surface area contributed by atoms with Gasteiger partial charge in [0.25, 0.3) is 0 Å². The molecule has 8 heteroatoms. The number of hydrogen-bond acceptors (Lipinski definition) is 5. The largest absolute Gasteiger partial charge is 0.342 e. The molecule has 1 aromatic carbocycles. The molecular weight excluding hydrogens is 320 g/mol. The highest BCUT2D eigenvalue weighted by atomic mass is 16.5. The van der Waals surface area contributed by atoms with Crippen molar-refractivity contribution in [1.29, 1.82) is 0 Å². The Labute approximate surface area is 145 Å². The predicted molar refractivity (Wildman–Crippen MR) is 94.3 cm³/mol. The quantitative estimate of drug-likeness (QED) is 0.741. The van der Waals surface area contributed by atoms with Crippen molar-refractivity contribution >= 4 is 22.8 Å². The molecule has 0 aliphatic heterocycles. The Morgan fingerprint density at radius 1 is 1.36 bits per heavy atom. The number of amides is 2. The summed E-state index contributed by atoms with van der Waals surface area (Å²) >= 11 is 0. The van der Waals surface area contributed by atoms with Gasteiger partial charge in [-0.15, -0.1) is 0 Å². The zero-order valence-electron chi connectivity index (χ0n) is 14.8. The van der Waals surface area contributed by atoms with Gasteiger partial charge in [0.2, 0.25) is 5.89 Å². The van der Waals surface area contributed by atoms with E-state index in [1.54, 1.807) is 7.05 Å². The van der Waals surface area contributed by atoms with Crippen LogP contribution >= 0.6 is 0 Å². The molecule has 0 aliphatic carbocycles. The number of rotatable bonds is 5. The zero-order chi connectivity index (χ0) is 18.0. The normalized spacial score (nSPS) is 11.2. The van der Waals surface area contributed by atoms with Crippen LogP contribution in [0.3, 0.4) is 0 Å². The summed E-state index contributed by atoms with van der Waals surface area (Å²) in [5.41, 5.74) is 2.48. The van der Waals surface area contributed by atoms with Gasteiger partial charge < -0.3 is 19.7 Å². The van der Waals surface area contributed by atoms with E-state index >= 15 is 0 Å². The number of carbonyl (C=O) groups is 1. The molecule has 2 N–H and O–H groups in total. The van der Waals surface area contributed by atoms with E-state index in [-0.39, 0.29) is 12.6 Å². The number of H-pyrrole nitrogens is 1. The number of nitrogens with zero attached hydrogens (tertiary/aromatic N) is 4. The Morgan fingerprint density at radius 2 is 2.16 bits per heavy atom. The smallest absolute Gasteiger partial charge is 0.321 e. The fourth-order valence-electron chi connectivity index (χ4n) is 2.38. The maximum Gasteiger partial charge on any atom is 0.321 e. The monoisotopic (exact) mass is 342 g/mol. The molecule has 0 radical (unpaired) electrons. The van der Waals surface area contributed by atoms with E-state index in [0.29, 0.717) is 29.7 Å². The highest BCUT2D eigenvalue weighted by Gasteiger charge is 2.14. The van der Waals surface area contributed by atoms with Gasteiger partial charge in [-0.25, -0.2) is 9.78 Å². The number of nitrogens with one attached hydrogen (secondary N) is 2. The minimum atomic E-state index is -0.245. The van der Waals surface area contributed by atoms with E-state index in [1.165, 1.54) is 4.90 Å². The maximum atomic E-state index is 12.3. The molecule has 8 nitrogen and oxygen atoms in total. The van der Waals surface area contributed by atoms with Crippen molar-refractivity contribution in [3.8, 4) is 0 Å². The summed E-state index contributed by atoms with van der Waals surface area (Å²) in [6.45, 7) is 6.37. The number of aromatic amines is 1. The Bertz CT molecular complexity index is 882. The number of anilines is 1. The summed E-state index contributed by atoms with van der Waals surface area (Å²) in [6.07, 6.45) is 0.672. The number of aryl methyl sites for hydroxylation is 1. The van der Waals surface area contributed by atoms with Crippen molar-refractivity contribution in [2.24, 2.45) is 0 Å². The van der Waals surface area contributed by atoms with Gasteiger partial charge in [0, 0.05) is 25.1 Å². The number of benzene rings is 1. The zero-order valence-corrected chi connectivity index (χ0v) is 14.8. The Kier molecular flexibility index (Phi) is 4.69. The minimum Gasteiger partial charge on any atom is -0.342 e. The van der Waals surface area contributed by atoms with Gasteiger partial charge in [-0.1, -0.05) is 25.9 Å². The van der Waals surface area contributed by atoms with E-state index in [1.807, 2.05) is 25.1 Å². The molecule has 3 rings (SSSR count). The fraction of sp³-hybridized carbons (Fsp3) is 0.412. The first-order valence-electron chi connectivity index (χ1n) is 8.29. The van der Waals surface area contributed by atoms with Crippen molar-refractivity contribution < 1.29 is 9.32 Å². The van der Waals surface area contributed by atoms with Crippen LogP contribution in [0, 0.1) is 0 Å². The van der Waals surface area contributed by atoms with Crippen molar-refractivity contribution in [1.82, 2.24) is 25.0 Å². The lowest BCUT2D eigenvalue weighted by molar-refractivity contribution is 0.219. The average Bonchev–Trinajstić information content (AvgIpc) is 3.20. The third kappa shape index (κ3) is 3.78. The molecule has 0 fully saturated rings. The Morgan fingerprint density at radius 3 is 2.84 bits per heavy atom. The number of imidazole rings is 1. The lowest BCUT2D eigenvalue weighted by atomic mass is 10.2. The van der Waals surface area contributed by atoms with Gasteiger partial charge >= 0.3 is 6.03 Å². The molecule has 0 aliphatic rings. The lowest BCUT2D eigenvalue weighted by Crippen LogP contribution is -2.31. The van der Waals surface area contributed by atoms with Crippen LogP contribution in [-0.2, 0) is 13.0 Å². The SMILES string of the molecule is CCc1nc(CN(C)C(=O)Nc2ccc3nc(C(C)C)[nH]c3c2)no1. The highest BCUT2D eigenvalue weighted by molar-refractivity contribution is 5.91. The molecule has 3 aromatic rings. The predicted octanol–water partition coefficient (Wildman–Crippen LogP) is 3.30. The summed E-state index contributed by atoms with van der Waals surface area (Å²) in [5, 5.41) is 6.72. The molecule has 25 heavy (non-hydrogen) atoms. The highest BCUT2D eigenvalue weighted by Crippen LogP contribution is 2.20. The molecule has 2 heterocycles. The van der Waals surface area contributed by atoms with E-state index in [9.17, 15) is 4.79 Å². The number of fused-ring (bicyclic) bond motifs is 1. The molecule has 0 atom stereocenters. The van der Waals surface area contributed by atoms with E-state index < -0.39 is 0 Å². The number of carbonyl (C=O) groups excluding carboxylic acids is 1. The van der Waals surface area contributed by atoms with Gasteiger partial charge in [0.05, 0.1) is 17.6 Å². The van der Waals surface area contributed by atoms with E-state index in [0.717, 1.165) is 16.9 Å². The van der Waals surface area contributed by atoms with Gasteiger partial charge in [-0.3, -0.25) is 0 Å². The topological polar surface area (TPSA) is 99.9 Å². The molecule has 0 bridgehead atoms. The van der Waals surface area contributed by atoms with Gasteiger partial charge in [-0.05, 0) is 18.2 Å². The summed E-state index contributed by atoms with van der Waals surface area (Å²) in [6, 6.07) is 5.36. The maximum absolute atomic E-state index is 12.3. The third-order valence-corrected chi connectivity index (χ3v) is 3.84. The summed E-state index contributed by atoms with van der Waals surface area (Å²) in [7, 11) is 1.68. The lowest BCUT2D eigenvalue weighted by Gasteiger charge is -2.16. The van der Waals surface area contributed by atoms with Crippen LogP contribution in [0.15, 0.2) is 22.7 Å². The minimum absolute atomic E-state index is 0.245. The van der Waals surface area contributed by atoms with Crippen LogP contribution in [0.4, 0.5) is 10.5 Å². The molecule has 2 aromatic heterocycles. The number of urea groups is 1. The van der Waals surface area contributed by atoms with Gasteiger partial charge in [-0.2, -0.15) is 4.98 Å². The number of aromatic nitrogens is 4. The summed E-state index contributed by atoms with van der Waals surface area (Å²) < 4.78 is 5.05. The second-order valence-corrected chi connectivity index (χ2v) is 6.25. The van der Waals surface area contributed by atoms with Crippen LogP contribution in [0.25, 0.3) is 11.0 Å². The number of hydrogen-bond donors (Lipinski definition) is 2. The Hall–Kier alpha value is -2.90. The van der Waals surface area contributed by atoms with Crippen LogP contribution in [0.5, 0.6) is 0 Å². The molecular formula is C17H22N6O2. The second-order valence-electron chi connectivity index (χ2n) is 6.25. The standard InChI is InChI=1S/C17H22N6O2/c1-5-15-21-14(22-25-15)9-23(4)17(24)18-11-6-7-12-13(8-11)20-16(19-12)10(2)3/h6-8,10H,5,9H2,1-4H3,(H,18,24)(H,19,20). The molecule has 2 amide bonds. The van der Waals surface area contributed by atoms with Gasteiger partial charge in [0.1, 0.15) is 5.82 Å². The summed E-state index contributed by atoms with van der Waals surface area (Å²) in [4.78, 5) is 25.9. The average molecular weight is 342 g/mol. The fourth-order valence-corrected chi connectivity index (χ4v) is 2.38.